The van der Waals surface area contributed by atoms with Crippen molar-refractivity contribution in [3.63, 3.8) is 0 Å². The second-order valence-electron chi connectivity index (χ2n) is 12.5. The first kappa shape index (κ1) is 41.8. The summed E-state index contributed by atoms with van der Waals surface area (Å²) in [6, 6.07) is -1.49. The summed E-state index contributed by atoms with van der Waals surface area (Å²) in [5.41, 5.74) is 0. The molecule has 3 heterocycles. The molecule has 0 aromatic heterocycles. The zero-order valence-corrected chi connectivity index (χ0v) is 27.6. The van der Waals surface area contributed by atoms with E-state index in [-0.39, 0.29) is 12.5 Å². The number of aliphatic hydroxyl groups excluding tert-OH is 9. The third-order valence-corrected chi connectivity index (χ3v) is 9.10. The van der Waals surface area contributed by atoms with Gasteiger partial charge in [-0.25, -0.2) is 0 Å². The lowest BCUT2D eigenvalue weighted by atomic mass is 9.94. The minimum Gasteiger partial charge on any atom is -0.829 e. The summed E-state index contributed by atoms with van der Waals surface area (Å²) in [5, 5.41) is 106. The van der Waals surface area contributed by atoms with Crippen LogP contribution in [0.25, 0.3) is 0 Å². The molecule has 0 aromatic rings. The number of methoxy groups -OCH3 is 1. The summed E-state index contributed by atoms with van der Waals surface area (Å²) < 4.78 is 32.2. The molecule has 15 atom stereocenters. The highest BCUT2D eigenvalue weighted by atomic mass is 16.7. The van der Waals surface area contributed by atoms with Crippen molar-refractivity contribution in [1.29, 1.82) is 0 Å². The molecular weight excluding hydrogens is 662 g/mol. The molecule has 9 N–H and O–H groups in total. The molecular formula is C30H52NO18-. The van der Waals surface area contributed by atoms with Gasteiger partial charge in [0.25, 0.3) is 0 Å². The highest BCUT2D eigenvalue weighted by Crippen LogP contribution is 2.33. The molecule has 3 fully saturated rings. The van der Waals surface area contributed by atoms with Gasteiger partial charge in [0.15, 0.2) is 12.6 Å². The maximum absolute atomic E-state index is 13.1. The first-order valence-corrected chi connectivity index (χ1v) is 16.5. The third kappa shape index (κ3) is 10.5. The van der Waals surface area contributed by atoms with Gasteiger partial charge in [-0.1, -0.05) is 25.7 Å². The van der Waals surface area contributed by atoms with Gasteiger partial charge in [-0.05, 0) is 12.8 Å². The summed E-state index contributed by atoms with van der Waals surface area (Å²) in [7, 11) is 1.33. The van der Waals surface area contributed by atoms with E-state index in [1.54, 1.807) is 0 Å². The Hall–Kier alpha value is -1.66. The molecule has 19 nitrogen and oxygen atoms in total. The molecule has 3 aliphatic heterocycles. The predicted molar refractivity (Wildman–Crippen MR) is 159 cm³/mol. The Labute approximate surface area is 283 Å². The molecule has 49 heavy (non-hydrogen) atoms. The Kier molecular flexibility index (Phi) is 16.9. The largest absolute Gasteiger partial charge is 0.829 e. The van der Waals surface area contributed by atoms with Crippen LogP contribution in [0.4, 0.5) is 0 Å². The van der Waals surface area contributed by atoms with Crippen LogP contribution in [0.3, 0.4) is 0 Å². The van der Waals surface area contributed by atoms with E-state index in [4.69, 9.17) is 23.7 Å². The summed E-state index contributed by atoms with van der Waals surface area (Å²) in [6.45, 7) is -1.17. The van der Waals surface area contributed by atoms with Gasteiger partial charge in [0.1, 0.15) is 67.1 Å². The fourth-order valence-corrected chi connectivity index (χ4v) is 6.24. The number of unbranched alkanes of at least 4 members (excludes halogenated alkanes) is 5. The average molecular weight is 715 g/mol. The molecule has 3 rings (SSSR count). The van der Waals surface area contributed by atoms with Gasteiger partial charge in [-0.3, -0.25) is 9.59 Å². The van der Waals surface area contributed by atoms with Gasteiger partial charge < -0.3 is 84.4 Å². The van der Waals surface area contributed by atoms with Crippen molar-refractivity contribution in [2.45, 2.75) is 144 Å². The second kappa shape index (κ2) is 19.8. The first-order valence-electron chi connectivity index (χ1n) is 16.5. The van der Waals surface area contributed by atoms with Crippen LogP contribution in [0.15, 0.2) is 0 Å². The van der Waals surface area contributed by atoms with Crippen molar-refractivity contribution in [2.24, 2.45) is 0 Å². The van der Waals surface area contributed by atoms with Gasteiger partial charge in [0.2, 0.25) is 5.91 Å². The number of nitrogens with zero attached hydrogens (tertiary/aromatic N) is 1. The van der Waals surface area contributed by atoms with E-state index in [0.29, 0.717) is 25.7 Å². The zero-order valence-electron chi connectivity index (χ0n) is 27.6. The van der Waals surface area contributed by atoms with Crippen LogP contribution >= 0.6 is 0 Å². The van der Waals surface area contributed by atoms with Gasteiger partial charge in [-0.15, -0.1) is 0 Å². The molecule has 0 spiro atoms. The van der Waals surface area contributed by atoms with Crippen LogP contribution in [-0.4, -0.2) is 188 Å². The van der Waals surface area contributed by atoms with Crippen LogP contribution in [-0.2, 0) is 38.0 Å². The van der Waals surface area contributed by atoms with Gasteiger partial charge in [0.05, 0.1) is 33.0 Å². The highest BCUT2D eigenvalue weighted by Gasteiger charge is 2.53. The first-order chi connectivity index (χ1) is 23.3. The molecule has 1 amide bonds. The molecule has 0 aliphatic carbocycles. The number of ether oxygens (including phenoxy) is 6. The van der Waals surface area contributed by atoms with Crippen LogP contribution in [0.2, 0.25) is 0 Å². The zero-order chi connectivity index (χ0) is 36.4. The predicted octanol–water partition coefficient (Wildman–Crippen LogP) is -5.45. The van der Waals surface area contributed by atoms with Crippen LogP contribution < -0.4 is 5.11 Å². The van der Waals surface area contributed by atoms with Crippen molar-refractivity contribution in [2.75, 3.05) is 33.5 Å². The van der Waals surface area contributed by atoms with Crippen molar-refractivity contribution in [1.82, 2.24) is 4.90 Å². The Balaban J connectivity index is 1.70. The molecule has 0 radical (unpaired) electrons. The monoisotopic (exact) mass is 714 g/mol. The molecule has 286 valence electrons. The third-order valence-electron chi connectivity index (χ3n) is 9.10. The summed E-state index contributed by atoms with van der Waals surface area (Å²) in [4.78, 5) is 25.1. The Bertz CT molecular complexity index is 1010. The quantitative estimate of drug-likeness (QED) is 0.0502. The van der Waals surface area contributed by atoms with Crippen LogP contribution in [0, 0.1) is 0 Å². The summed E-state index contributed by atoms with van der Waals surface area (Å²) in [6.07, 6.45) is -19.7. The van der Waals surface area contributed by atoms with Gasteiger partial charge in [-0.2, -0.15) is 0 Å². The fourth-order valence-electron chi connectivity index (χ4n) is 6.24. The van der Waals surface area contributed by atoms with E-state index in [2.05, 4.69) is 4.74 Å². The second-order valence-corrected chi connectivity index (χ2v) is 12.5. The number of esters is 1. The van der Waals surface area contributed by atoms with E-state index >= 15 is 0 Å². The SMILES string of the molecule is COC(=O)CCCCCCCCN(C(C)=O)[C@@H]1[C@@H](O)[C@H](O[C@@H]2O[C@H](CO)[C@H](O)[C@H](O[C@H]3O[C@H](CO)[C@H](O)[C@H](O)[C@H]3O)[C@H]2O)[C@@H](CO)O[C@H]1[O-]. The molecule has 3 aliphatic rings. The molecule has 19 heteroatoms. The molecule has 0 saturated carbocycles. The number of hydrogen-bond donors (Lipinski definition) is 9. The highest BCUT2D eigenvalue weighted by molar-refractivity contribution is 5.73. The molecule has 0 unspecified atom stereocenters. The van der Waals surface area contributed by atoms with Crippen LogP contribution in [0.1, 0.15) is 51.9 Å². The van der Waals surface area contributed by atoms with Crippen molar-refractivity contribution < 1.29 is 89.1 Å². The lowest BCUT2D eigenvalue weighted by Gasteiger charge is -2.52. The number of amides is 1. The maximum atomic E-state index is 13.1. The summed E-state index contributed by atoms with van der Waals surface area (Å²) in [5.74, 6) is -0.821. The van der Waals surface area contributed by atoms with E-state index in [0.717, 1.165) is 24.2 Å². The topological polar surface area (TPSA) is 298 Å². The lowest BCUT2D eigenvalue weighted by Crippen LogP contribution is -2.70. The molecule has 0 aromatic carbocycles. The van der Waals surface area contributed by atoms with Crippen molar-refractivity contribution in [3.05, 3.63) is 0 Å². The summed E-state index contributed by atoms with van der Waals surface area (Å²) >= 11 is 0. The Morgan fingerprint density at radius 1 is 0.653 bits per heavy atom. The minimum atomic E-state index is -2.00. The smallest absolute Gasteiger partial charge is 0.305 e. The Morgan fingerprint density at radius 2 is 1.18 bits per heavy atom. The van der Waals surface area contributed by atoms with Crippen LogP contribution in [0.5, 0.6) is 0 Å². The van der Waals surface area contributed by atoms with Gasteiger partial charge in [0, 0.05) is 26.2 Å². The fraction of sp³-hybridized carbons (Fsp3) is 0.933. The van der Waals surface area contributed by atoms with Crippen molar-refractivity contribution >= 4 is 11.9 Å². The standard InChI is InChI=1S/C30H52NO18/c1-14(35)31(10-8-6-4-3-5-7-9-18(36)44-2)19-22(39)26(17(13-34)45-28(19)43)48-30-25(42)27(21(38)16(12-33)47-30)49-29-24(41)23(40)20(37)15(11-32)46-29/h15-17,19-30,32-34,37-42H,3-13H2,1-2H3/q-1/t15-,16-,17-,19-,20+,21+,22-,23+,24-,25-,26-,27+,28-,29-,30+/m1/s1. The van der Waals surface area contributed by atoms with E-state index < -0.39 is 118 Å². The Morgan fingerprint density at radius 3 is 1.76 bits per heavy atom. The lowest BCUT2D eigenvalue weighted by molar-refractivity contribution is -0.528. The number of aliphatic hydroxyl groups is 9. The van der Waals surface area contributed by atoms with E-state index in [1.807, 2.05) is 0 Å². The number of hydrogen-bond acceptors (Lipinski definition) is 18. The molecule has 0 bridgehead atoms. The van der Waals surface area contributed by atoms with Gasteiger partial charge >= 0.3 is 5.97 Å². The minimum absolute atomic E-state index is 0.0776. The average Bonchev–Trinajstić information content (AvgIpc) is 3.08. The number of carbonyl (C=O) groups is 2. The normalized spacial score (nSPS) is 39.8. The van der Waals surface area contributed by atoms with Crippen molar-refractivity contribution in [3.8, 4) is 0 Å². The number of carbonyl (C=O) groups excluding carboxylic acids is 2. The maximum Gasteiger partial charge on any atom is 0.305 e. The van der Waals surface area contributed by atoms with E-state index in [1.165, 1.54) is 14.0 Å². The molecule has 3 saturated heterocycles. The van der Waals surface area contributed by atoms with E-state index in [9.17, 15) is 60.7 Å². The number of rotatable bonds is 17.